The number of ether oxygens (including phenoxy) is 2. The zero-order valence-electron chi connectivity index (χ0n) is 11.4. The monoisotopic (exact) mass is 306 g/mol. The van der Waals surface area contributed by atoms with Crippen molar-refractivity contribution >= 4 is 10.8 Å². The average Bonchev–Trinajstić information content (AvgIpc) is 2.48. The van der Waals surface area contributed by atoms with Crippen LogP contribution in [0.3, 0.4) is 0 Å². The molecule has 5 heteroatoms. The van der Waals surface area contributed by atoms with Gasteiger partial charge in [0.05, 0.1) is 12.4 Å². The van der Waals surface area contributed by atoms with E-state index in [1.165, 1.54) is 12.1 Å². The molecule has 1 heterocycles. The fourth-order valence-corrected chi connectivity index (χ4v) is 3.58. The fraction of sp³-hybridized carbons (Fsp3) is 0.250. The lowest BCUT2D eigenvalue weighted by Crippen LogP contribution is -2.14. The molecule has 110 valence electrons. The van der Waals surface area contributed by atoms with Gasteiger partial charge in [0.15, 0.2) is 6.79 Å². The van der Waals surface area contributed by atoms with Crippen LogP contribution in [0.15, 0.2) is 42.5 Å². The molecule has 0 spiro atoms. The summed E-state index contributed by atoms with van der Waals surface area (Å²) >= 11 is 0. The van der Waals surface area contributed by atoms with Crippen molar-refractivity contribution in [3.63, 3.8) is 0 Å². The van der Waals surface area contributed by atoms with Crippen LogP contribution >= 0.6 is 0 Å². The fourth-order valence-electron chi connectivity index (χ4n) is 2.35. The minimum atomic E-state index is -1.12. The Morgan fingerprint density at radius 3 is 2.76 bits per heavy atom. The van der Waals surface area contributed by atoms with Gasteiger partial charge in [0, 0.05) is 27.7 Å². The highest BCUT2D eigenvalue weighted by Crippen LogP contribution is 2.30. The van der Waals surface area contributed by atoms with E-state index < -0.39 is 10.8 Å². The molecule has 0 aliphatic carbocycles. The molecular formula is C16H15FO3S. The largest absolute Gasteiger partial charge is 0.467 e. The lowest BCUT2D eigenvalue weighted by molar-refractivity contribution is -0.0171. The van der Waals surface area contributed by atoms with Crippen LogP contribution in [-0.2, 0) is 33.6 Å². The first kappa shape index (κ1) is 14.2. The third-order valence-corrected chi connectivity index (χ3v) is 4.53. The Morgan fingerprint density at radius 2 is 1.95 bits per heavy atom. The molecule has 0 unspecified atom stereocenters. The van der Waals surface area contributed by atoms with Gasteiger partial charge in [-0.05, 0) is 17.7 Å². The van der Waals surface area contributed by atoms with Crippen LogP contribution in [0.4, 0.5) is 4.39 Å². The SMILES string of the molecule is O=[S@@](Cc1ccccc1)Cc1cc(F)cc2c1OCOC2. The molecule has 21 heavy (non-hydrogen) atoms. The molecule has 0 fully saturated rings. The topological polar surface area (TPSA) is 35.5 Å². The van der Waals surface area contributed by atoms with Gasteiger partial charge in [-0.15, -0.1) is 0 Å². The Morgan fingerprint density at radius 1 is 1.14 bits per heavy atom. The van der Waals surface area contributed by atoms with Gasteiger partial charge in [0.2, 0.25) is 0 Å². The summed E-state index contributed by atoms with van der Waals surface area (Å²) in [7, 11) is -1.12. The van der Waals surface area contributed by atoms with Crippen molar-refractivity contribution in [2.24, 2.45) is 0 Å². The van der Waals surface area contributed by atoms with E-state index >= 15 is 0 Å². The predicted molar refractivity (Wildman–Crippen MR) is 78.7 cm³/mol. The van der Waals surface area contributed by atoms with Crippen LogP contribution in [0.2, 0.25) is 0 Å². The van der Waals surface area contributed by atoms with Crippen LogP contribution in [-0.4, -0.2) is 11.0 Å². The average molecular weight is 306 g/mol. The summed E-state index contributed by atoms with van der Waals surface area (Å²) in [5, 5.41) is 0. The zero-order chi connectivity index (χ0) is 14.7. The molecule has 2 aromatic rings. The summed E-state index contributed by atoms with van der Waals surface area (Å²) in [4.78, 5) is 0. The summed E-state index contributed by atoms with van der Waals surface area (Å²) in [6, 6.07) is 12.4. The van der Waals surface area contributed by atoms with Gasteiger partial charge in [-0.3, -0.25) is 4.21 Å². The van der Waals surface area contributed by atoms with E-state index in [1.807, 2.05) is 30.3 Å². The number of halogens is 1. The first-order chi connectivity index (χ1) is 10.2. The van der Waals surface area contributed by atoms with E-state index in [9.17, 15) is 8.60 Å². The predicted octanol–water partition coefficient (Wildman–Crippen LogP) is 3.14. The molecule has 3 rings (SSSR count). The second-order valence-corrected chi connectivity index (χ2v) is 6.33. The van der Waals surface area contributed by atoms with E-state index in [4.69, 9.17) is 9.47 Å². The Balaban J connectivity index is 1.78. The summed E-state index contributed by atoms with van der Waals surface area (Å²) in [5.41, 5.74) is 2.32. The van der Waals surface area contributed by atoms with Crippen LogP contribution in [0.25, 0.3) is 0 Å². The molecule has 3 nitrogen and oxygen atoms in total. The quantitative estimate of drug-likeness (QED) is 0.870. The first-order valence-corrected chi connectivity index (χ1v) is 8.12. The maximum Gasteiger partial charge on any atom is 0.189 e. The van der Waals surface area contributed by atoms with Crippen LogP contribution in [0.5, 0.6) is 5.75 Å². The molecule has 1 atom stereocenters. The van der Waals surface area contributed by atoms with Crippen molar-refractivity contribution < 1.29 is 18.1 Å². The van der Waals surface area contributed by atoms with Crippen LogP contribution in [0.1, 0.15) is 16.7 Å². The third-order valence-electron chi connectivity index (χ3n) is 3.24. The van der Waals surface area contributed by atoms with E-state index in [0.717, 1.165) is 5.56 Å². The molecular weight excluding hydrogens is 291 g/mol. The molecule has 0 saturated heterocycles. The number of hydrogen-bond acceptors (Lipinski definition) is 3. The van der Waals surface area contributed by atoms with Crippen LogP contribution in [0, 0.1) is 5.82 Å². The highest BCUT2D eigenvalue weighted by Gasteiger charge is 2.18. The van der Waals surface area contributed by atoms with Crippen molar-refractivity contribution in [1.29, 1.82) is 0 Å². The molecule has 2 aromatic carbocycles. The van der Waals surface area contributed by atoms with E-state index in [0.29, 0.717) is 29.2 Å². The van der Waals surface area contributed by atoms with Gasteiger partial charge in [-0.2, -0.15) is 0 Å². The van der Waals surface area contributed by atoms with Crippen molar-refractivity contribution in [3.05, 3.63) is 65.0 Å². The minimum absolute atomic E-state index is 0.150. The lowest BCUT2D eigenvalue weighted by atomic mass is 10.1. The standard InChI is InChI=1S/C16H15FO3S/c17-15-6-13-8-19-11-20-16(13)14(7-15)10-21(18)9-12-4-2-1-3-5-12/h1-7H,8-11H2/t21-/m0/s1. The van der Waals surface area contributed by atoms with Gasteiger partial charge in [0.1, 0.15) is 11.6 Å². The van der Waals surface area contributed by atoms with Gasteiger partial charge < -0.3 is 9.47 Å². The zero-order valence-corrected chi connectivity index (χ0v) is 12.2. The van der Waals surface area contributed by atoms with Crippen molar-refractivity contribution in [3.8, 4) is 5.75 Å². The highest BCUT2D eigenvalue weighted by atomic mass is 32.2. The summed E-state index contributed by atoms with van der Waals surface area (Å²) in [6.07, 6.45) is 0. The first-order valence-electron chi connectivity index (χ1n) is 6.63. The molecule has 1 aliphatic heterocycles. The smallest absolute Gasteiger partial charge is 0.189 e. The maximum absolute atomic E-state index is 13.6. The second kappa shape index (κ2) is 6.37. The van der Waals surface area contributed by atoms with E-state index in [-0.39, 0.29) is 18.4 Å². The van der Waals surface area contributed by atoms with Gasteiger partial charge >= 0.3 is 0 Å². The van der Waals surface area contributed by atoms with Gasteiger partial charge in [-0.25, -0.2) is 4.39 Å². The Bertz CT molecular complexity index is 658. The second-order valence-electron chi connectivity index (χ2n) is 4.88. The van der Waals surface area contributed by atoms with Crippen molar-refractivity contribution in [1.82, 2.24) is 0 Å². The Hall–Kier alpha value is -1.72. The molecule has 0 amide bonds. The molecule has 0 radical (unpaired) electrons. The molecule has 1 aliphatic rings. The van der Waals surface area contributed by atoms with Crippen molar-refractivity contribution in [2.45, 2.75) is 18.1 Å². The Labute approximate surface area is 125 Å². The summed E-state index contributed by atoms with van der Waals surface area (Å²) in [6.45, 7) is 0.475. The molecule has 0 saturated carbocycles. The maximum atomic E-state index is 13.6. The van der Waals surface area contributed by atoms with E-state index in [2.05, 4.69) is 0 Å². The summed E-state index contributed by atoms with van der Waals surface area (Å²) in [5.74, 6) is 0.982. The van der Waals surface area contributed by atoms with Gasteiger partial charge in [0.25, 0.3) is 0 Å². The Kier molecular flexibility index (Phi) is 4.31. The van der Waals surface area contributed by atoms with E-state index in [1.54, 1.807) is 0 Å². The summed E-state index contributed by atoms with van der Waals surface area (Å²) < 4.78 is 36.5. The van der Waals surface area contributed by atoms with Crippen molar-refractivity contribution in [2.75, 3.05) is 6.79 Å². The third kappa shape index (κ3) is 3.49. The highest BCUT2D eigenvalue weighted by molar-refractivity contribution is 7.83. The minimum Gasteiger partial charge on any atom is -0.467 e. The molecule has 0 bridgehead atoms. The number of rotatable bonds is 4. The van der Waals surface area contributed by atoms with Gasteiger partial charge in [-0.1, -0.05) is 30.3 Å². The number of fused-ring (bicyclic) bond motifs is 1. The molecule has 0 N–H and O–H groups in total. The normalized spacial score (nSPS) is 15.1. The lowest BCUT2D eigenvalue weighted by Gasteiger charge is -2.20. The number of benzene rings is 2. The number of hydrogen-bond donors (Lipinski definition) is 0. The molecule has 0 aromatic heterocycles. The van der Waals surface area contributed by atoms with Crippen LogP contribution < -0.4 is 4.74 Å².